The molecule has 140 valence electrons. The van der Waals surface area contributed by atoms with Gasteiger partial charge in [-0.1, -0.05) is 19.0 Å². The molecule has 0 aliphatic rings. The molecule has 0 radical (unpaired) electrons. The van der Waals surface area contributed by atoms with Crippen LogP contribution in [0.25, 0.3) is 0 Å². The van der Waals surface area contributed by atoms with Crippen LogP contribution in [-0.4, -0.2) is 18.2 Å². The second-order valence-electron chi connectivity index (χ2n) is 5.95. The Kier molecular flexibility index (Phi) is 9.02. The summed E-state index contributed by atoms with van der Waals surface area (Å²) in [7, 11) is 1.75. The summed E-state index contributed by atoms with van der Waals surface area (Å²) in [6.45, 7) is 9.48. The fourth-order valence-corrected chi connectivity index (χ4v) is 2.74. The minimum absolute atomic E-state index is 0. The molecule has 2 aromatic rings. The SMILES string of the molecule is CCC(CC)c1cc(CNC(=NC)NCc2cc(C)oc2C)on1.I. The van der Waals surface area contributed by atoms with Gasteiger partial charge in [0.05, 0.1) is 12.2 Å². The molecular formula is C18H29IN4O2. The lowest BCUT2D eigenvalue weighted by molar-refractivity contribution is 0.368. The quantitative estimate of drug-likeness (QED) is 0.367. The molecule has 0 spiro atoms. The zero-order chi connectivity index (χ0) is 17.5. The summed E-state index contributed by atoms with van der Waals surface area (Å²) >= 11 is 0. The Morgan fingerprint density at radius 2 is 1.84 bits per heavy atom. The van der Waals surface area contributed by atoms with E-state index in [2.05, 4.69) is 34.6 Å². The van der Waals surface area contributed by atoms with E-state index in [1.165, 1.54) is 0 Å². The van der Waals surface area contributed by atoms with E-state index in [0.717, 1.165) is 41.4 Å². The van der Waals surface area contributed by atoms with Crippen LogP contribution in [0, 0.1) is 13.8 Å². The van der Waals surface area contributed by atoms with Gasteiger partial charge >= 0.3 is 0 Å². The summed E-state index contributed by atoms with van der Waals surface area (Å²) < 4.78 is 11.0. The first kappa shape index (κ1) is 21.5. The van der Waals surface area contributed by atoms with E-state index in [0.29, 0.717) is 25.0 Å². The Bertz CT molecular complexity index is 674. The van der Waals surface area contributed by atoms with Crippen molar-refractivity contribution in [1.82, 2.24) is 15.8 Å². The number of halogens is 1. The molecule has 25 heavy (non-hydrogen) atoms. The lowest BCUT2D eigenvalue weighted by Crippen LogP contribution is -2.36. The first-order chi connectivity index (χ1) is 11.6. The number of aryl methyl sites for hydroxylation is 2. The van der Waals surface area contributed by atoms with E-state index in [4.69, 9.17) is 8.94 Å². The van der Waals surface area contributed by atoms with E-state index >= 15 is 0 Å². The van der Waals surface area contributed by atoms with Crippen LogP contribution in [0.1, 0.15) is 61.1 Å². The molecule has 0 aromatic carbocycles. The van der Waals surface area contributed by atoms with Crippen LogP contribution >= 0.6 is 24.0 Å². The van der Waals surface area contributed by atoms with Crippen molar-refractivity contribution in [3.63, 3.8) is 0 Å². The summed E-state index contributed by atoms with van der Waals surface area (Å²) in [5.41, 5.74) is 2.16. The normalized spacial score (nSPS) is 11.5. The predicted octanol–water partition coefficient (Wildman–Crippen LogP) is 4.27. The molecule has 0 fully saturated rings. The van der Waals surface area contributed by atoms with Gasteiger partial charge in [0.1, 0.15) is 11.5 Å². The third-order valence-corrected chi connectivity index (χ3v) is 4.22. The van der Waals surface area contributed by atoms with Crippen molar-refractivity contribution < 1.29 is 8.94 Å². The Hall–Kier alpha value is -1.51. The third kappa shape index (κ3) is 6.05. The van der Waals surface area contributed by atoms with Crippen molar-refractivity contribution in [2.45, 2.75) is 59.5 Å². The van der Waals surface area contributed by atoms with Crippen molar-refractivity contribution in [1.29, 1.82) is 0 Å². The monoisotopic (exact) mass is 460 g/mol. The largest absolute Gasteiger partial charge is 0.466 e. The fourth-order valence-electron chi connectivity index (χ4n) is 2.74. The van der Waals surface area contributed by atoms with Gasteiger partial charge in [-0.15, -0.1) is 24.0 Å². The Morgan fingerprint density at radius 3 is 2.40 bits per heavy atom. The van der Waals surface area contributed by atoms with E-state index in [1.807, 2.05) is 26.0 Å². The molecule has 0 bridgehead atoms. The highest BCUT2D eigenvalue weighted by atomic mass is 127. The number of furan rings is 1. The second-order valence-corrected chi connectivity index (χ2v) is 5.95. The Labute approximate surface area is 166 Å². The second kappa shape index (κ2) is 10.5. The van der Waals surface area contributed by atoms with E-state index in [-0.39, 0.29) is 24.0 Å². The van der Waals surface area contributed by atoms with Crippen molar-refractivity contribution >= 4 is 29.9 Å². The number of nitrogens with zero attached hydrogens (tertiary/aromatic N) is 2. The molecule has 0 aliphatic carbocycles. The number of aliphatic imine (C=N–C) groups is 1. The average Bonchev–Trinajstić information content (AvgIpc) is 3.15. The van der Waals surface area contributed by atoms with Crippen molar-refractivity contribution in [2.75, 3.05) is 7.05 Å². The van der Waals surface area contributed by atoms with Crippen LogP contribution in [0.4, 0.5) is 0 Å². The molecule has 0 saturated carbocycles. The van der Waals surface area contributed by atoms with Crippen molar-refractivity contribution in [3.05, 3.63) is 40.7 Å². The van der Waals surface area contributed by atoms with Gasteiger partial charge in [-0.2, -0.15) is 0 Å². The number of hydrogen-bond donors (Lipinski definition) is 2. The van der Waals surface area contributed by atoms with E-state index in [9.17, 15) is 0 Å². The molecule has 0 saturated heterocycles. The molecule has 0 atom stereocenters. The van der Waals surface area contributed by atoms with Crippen LogP contribution < -0.4 is 10.6 Å². The van der Waals surface area contributed by atoms with Gasteiger partial charge in [0, 0.05) is 31.1 Å². The molecular weight excluding hydrogens is 431 g/mol. The van der Waals surface area contributed by atoms with E-state index < -0.39 is 0 Å². The van der Waals surface area contributed by atoms with E-state index in [1.54, 1.807) is 7.05 Å². The van der Waals surface area contributed by atoms with Crippen LogP contribution in [0.2, 0.25) is 0 Å². The van der Waals surface area contributed by atoms with Crippen LogP contribution in [-0.2, 0) is 13.1 Å². The molecule has 0 aliphatic heterocycles. The third-order valence-electron chi connectivity index (χ3n) is 4.22. The summed E-state index contributed by atoms with van der Waals surface area (Å²) in [5.74, 6) is 3.85. The van der Waals surface area contributed by atoms with Gasteiger partial charge in [-0.05, 0) is 32.8 Å². The molecule has 2 aromatic heterocycles. The minimum Gasteiger partial charge on any atom is -0.466 e. The summed E-state index contributed by atoms with van der Waals surface area (Å²) in [5, 5.41) is 10.7. The maximum Gasteiger partial charge on any atom is 0.191 e. The lowest BCUT2D eigenvalue weighted by Gasteiger charge is -2.10. The van der Waals surface area contributed by atoms with Gasteiger partial charge in [-0.3, -0.25) is 4.99 Å². The molecule has 2 heterocycles. The van der Waals surface area contributed by atoms with Gasteiger partial charge in [0.2, 0.25) is 0 Å². The number of nitrogens with one attached hydrogen (secondary N) is 2. The van der Waals surface area contributed by atoms with Gasteiger partial charge in [-0.25, -0.2) is 0 Å². The summed E-state index contributed by atoms with van der Waals surface area (Å²) in [6.07, 6.45) is 2.14. The smallest absolute Gasteiger partial charge is 0.191 e. The van der Waals surface area contributed by atoms with Crippen LogP contribution in [0.5, 0.6) is 0 Å². The lowest BCUT2D eigenvalue weighted by atomic mass is 9.99. The highest BCUT2D eigenvalue weighted by Gasteiger charge is 2.13. The molecule has 6 nitrogen and oxygen atoms in total. The summed E-state index contributed by atoms with van der Waals surface area (Å²) in [4.78, 5) is 4.23. The van der Waals surface area contributed by atoms with Crippen molar-refractivity contribution in [2.24, 2.45) is 4.99 Å². The molecule has 2 N–H and O–H groups in total. The molecule has 7 heteroatoms. The summed E-state index contributed by atoms with van der Waals surface area (Å²) in [6, 6.07) is 4.06. The number of hydrogen-bond acceptors (Lipinski definition) is 4. The minimum atomic E-state index is 0. The Balaban J connectivity index is 0.00000312. The van der Waals surface area contributed by atoms with Gasteiger partial charge < -0.3 is 19.6 Å². The van der Waals surface area contributed by atoms with Gasteiger partial charge in [0.25, 0.3) is 0 Å². The number of rotatable bonds is 7. The number of guanidine groups is 1. The van der Waals surface area contributed by atoms with Crippen molar-refractivity contribution in [3.8, 4) is 0 Å². The van der Waals surface area contributed by atoms with Gasteiger partial charge in [0.15, 0.2) is 11.7 Å². The highest BCUT2D eigenvalue weighted by Crippen LogP contribution is 2.22. The fraction of sp³-hybridized carbons (Fsp3) is 0.556. The van der Waals surface area contributed by atoms with Crippen LogP contribution in [0.15, 0.2) is 26.1 Å². The predicted molar refractivity (Wildman–Crippen MR) is 110 cm³/mol. The first-order valence-electron chi connectivity index (χ1n) is 8.53. The maximum atomic E-state index is 5.53. The highest BCUT2D eigenvalue weighted by molar-refractivity contribution is 14.0. The zero-order valence-corrected chi connectivity index (χ0v) is 18.0. The average molecular weight is 460 g/mol. The first-order valence-corrected chi connectivity index (χ1v) is 8.53. The molecule has 0 amide bonds. The standard InChI is InChI=1S/C18H28N4O2.HI/c1-6-14(7-2)17-9-16(24-22-17)11-21-18(19-5)20-10-15-8-12(3)23-13(15)4;/h8-9,14H,6-7,10-11H2,1-5H3,(H2,19,20,21);1H. The zero-order valence-electron chi connectivity index (χ0n) is 15.7. The van der Waals surface area contributed by atoms with Crippen LogP contribution in [0.3, 0.4) is 0 Å². The maximum absolute atomic E-state index is 5.53. The number of aromatic nitrogens is 1. The Morgan fingerprint density at radius 1 is 1.16 bits per heavy atom. The molecule has 0 unspecified atom stereocenters. The molecule has 2 rings (SSSR count). The topological polar surface area (TPSA) is 75.6 Å².